The molecule has 2 heteroatoms. The van der Waals surface area contributed by atoms with Gasteiger partial charge in [-0.2, -0.15) is 0 Å². The van der Waals surface area contributed by atoms with Crippen molar-refractivity contribution < 1.29 is 4.74 Å². The highest BCUT2D eigenvalue weighted by atomic mass is 16.5. The third kappa shape index (κ3) is 7.92. The summed E-state index contributed by atoms with van der Waals surface area (Å²) in [5.74, 6) is 0. The molecule has 0 aromatic carbocycles. The Labute approximate surface area is 64.2 Å². The molecule has 0 spiro atoms. The second-order valence-corrected chi connectivity index (χ2v) is 2.77. The maximum atomic E-state index is 5.34. The average Bonchev–Trinajstić information content (AvgIpc) is 1.87. The number of nitrogens with zero attached hydrogens (tertiary/aromatic N) is 1. The van der Waals surface area contributed by atoms with Crippen LogP contribution in [0.3, 0.4) is 0 Å². The molecular formula is C8H19NO. The Morgan fingerprint density at radius 1 is 1.20 bits per heavy atom. The molecule has 0 saturated heterocycles. The molecular weight excluding hydrogens is 126 g/mol. The number of likely N-dealkylation sites (N-methyl/N-ethyl adjacent to an activating group) is 1. The summed E-state index contributed by atoms with van der Waals surface area (Å²) in [5.41, 5.74) is 0. The molecule has 2 nitrogen and oxygen atoms in total. The molecule has 0 bridgehead atoms. The summed E-state index contributed by atoms with van der Waals surface area (Å²) in [6, 6.07) is 0. The average molecular weight is 145 g/mol. The molecule has 0 heterocycles. The fourth-order valence-electron chi connectivity index (χ4n) is 0.596. The van der Waals surface area contributed by atoms with Crippen LogP contribution in [0.15, 0.2) is 0 Å². The molecule has 0 aromatic heterocycles. The van der Waals surface area contributed by atoms with E-state index in [4.69, 9.17) is 4.74 Å². The first kappa shape index (κ1) is 9.92. The van der Waals surface area contributed by atoms with Crippen LogP contribution in [0, 0.1) is 0 Å². The Kier molecular flexibility index (Phi) is 6.98. The Bertz CT molecular complexity index is 64.3. The molecule has 0 fully saturated rings. The van der Waals surface area contributed by atoms with Crippen LogP contribution in [0.25, 0.3) is 0 Å². The number of ether oxygens (including phenoxy) is 1. The third-order valence-corrected chi connectivity index (χ3v) is 1.33. The van der Waals surface area contributed by atoms with Crippen molar-refractivity contribution in [2.24, 2.45) is 0 Å². The molecule has 10 heavy (non-hydrogen) atoms. The molecule has 0 aliphatic heterocycles. The van der Waals surface area contributed by atoms with Crippen molar-refractivity contribution in [1.82, 2.24) is 4.90 Å². The first-order chi connectivity index (χ1) is 4.77. The number of hydrogen-bond acceptors (Lipinski definition) is 2. The van der Waals surface area contributed by atoms with Gasteiger partial charge in [0.15, 0.2) is 0 Å². The largest absolute Gasteiger partial charge is 0.380 e. The van der Waals surface area contributed by atoms with Gasteiger partial charge in [0.2, 0.25) is 0 Å². The lowest BCUT2D eigenvalue weighted by Crippen LogP contribution is -2.18. The molecule has 0 radical (unpaired) electrons. The summed E-state index contributed by atoms with van der Waals surface area (Å²) < 4.78 is 5.34. The van der Waals surface area contributed by atoms with Crippen molar-refractivity contribution in [2.45, 2.75) is 19.8 Å². The van der Waals surface area contributed by atoms with E-state index in [0.717, 1.165) is 19.8 Å². The summed E-state index contributed by atoms with van der Waals surface area (Å²) in [7, 11) is 4.12. The number of rotatable bonds is 6. The van der Waals surface area contributed by atoms with E-state index in [2.05, 4.69) is 25.9 Å². The van der Waals surface area contributed by atoms with Crippen molar-refractivity contribution >= 4 is 0 Å². The monoisotopic (exact) mass is 145 g/mol. The summed E-state index contributed by atoms with van der Waals surface area (Å²) in [4.78, 5) is 2.13. The zero-order chi connectivity index (χ0) is 7.82. The molecule has 62 valence electrons. The zero-order valence-corrected chi connectivity index (χ0v) is 7.39. The van der Waals surface area contributed by atoms with E-state index in [1.165, 1.54) is 12.8 Å². The predicted octanol–water partition coefficient (Wildman–Crippen LogP) is 1.36. The van der Waals surface area contributed by atoms with E-state index >= 15 is 0 Å². The molecule has 0 aliphatic rings. The van der Waals surface area contributed by atoms with Gasteiger partial charge in [-0.25, -0.2) is 0 Å². The van der Waals surface area contributed by atoms with Crippen LogP contribution >= 0.6 is 0 Å². The minimum atomic E-state index is 0.868. The molecule has 0 saturated carbocycles. The lowest BCUT2D eigenvalue weighted by Gasteiger charge is -2.08. The van der Waals surface area contributed by atoms with E-state index in [9.17, 15) is 0 Å². The Hall–Kier alpha value is -0.0800. The Morgan fingerprint density at radius 2 is 1.90 bits per heavy atom. The number of unbranched alkanes of at least 4 members (excludes halogenated alkanes) is 1. The smallest absolute Gasteiger partial charge is 0.0593 e. The first-order valence-electron chi connectivity index (χ1n) is 4.00. The number of hydrogen-bond donors (Lipinski definition) is 0. The van der Waals surface area contributed by atoms with Crippen LogP contribution in [0.5, 0.6) is 0 Å². The van der Waals surface area contributed by atoms with E-state index in [1.54, 1.807) is 0 Å². The third-order valence-electron chi connectivity index (χ3n) is 1.33. The minimum absolute atomic E-state index is 0.868. The molecule has 0 unspecified atom stereocenters. The molecule has 0 rings (SSSR count). The lowest BCUT2D eigenvalue weighted by molar-refractivity contribution is 0.115. The van der Waals surface area contributed by atoms with Crippen LogP contribution < -0.4 is 0 Å². The van der Waals surface area contributed by atoms with Gasteiger partial charge in [-0.15, -0.1) is 0 Å². The normalized spacial score (nSPS) is 10.8. The van der Waals surface area contributed by atoms with Gasteiger partial charge >= 0.3 is 0 Å². The van der Waals surface area contributed by atoms with Crippen LogP contribution in [0.4, 0.5) is 0 Å². The van der Waals surface area contributed by atoms with Crippen molar-refractivity contribution in [2.75, 3.05) is 33.9 Å². The zero-order valence-electron chi connectivity index (χ0n) is 7.39. The van der Waals surface area contributed by atoms with Crippen LogP contribution in [0.2, 0.25) is 0 Å². The standard InChI is InChI=1S/C8H19NO/c1-4-5-7-10-8-6-9(2)3/h4-8H2,1-3H3. The summed E-state index contributed by atoms with van der Waals surface area (Å²) >= 11 is 0. The van der Waals surface area contributed by atoms with Crippen molar-refractivity contribution in [3.63, 3.8) is 0 Å². The van der Waals surface area contributed by atoms with Gasteiger partial charge in [0.05, 0.1) is 6.61 Å². The maximum Gasteiger partial charge on any atom is 0.0593 e. The molecule has 0 aromatic rings. The summed E-state index contributed by atoms with van der Waals surface area (Å²) in [6.07, 6.45) is 2.41. The highest BCUT2D eigenvalue weighted by Gasteiger charge is 1.89. The van der Waals surface area contributed by atoms with Gasteiger partial charge in [0.1, 0.15) is 0 Å². The van der Waals surface area contributed by atoms with Gasteiger partial charge in [-0.3, -0.25) is 0 Å². The fourth-order valence-corrected chi connectivity index (χ4v) is 0.596. The Morgan fingerprint density at radius 3 is 2.40 bits per heavy atom. The fraction of sp³-hybridized carbons (Fsp3) is 1.00. The lowest BCUT2D eigenvalue weighted by atomic mass is 10.4. The van der Waals surface area contributed by atoms with Gasteiger partial charge in [0.25, 0.3) is 0 Å². The van der Waals surface area contributed by atoms with Crippen LogP contribution in [-0.4, -0.2) is 38.8 Å². The van der Waals surface area contributed by atoms with Gasteiger partial charge in [-0.05, 0) is 20.5 Å². The minimum Gasteiger partial charge on any atom is -0.380 e. The van der Waals surface area contributed by atoms with Gasteiger partial charge < -0.3 is 9.64 Å². The molecule has 0 atom stereocenters. The van der Waals surface area contributed by atoms with Crippen molar-refractivity contribution in [3.8, 4) is 0 Å². The van der Waals surface area contributed by atoms with E-state index in [1.807, 2.05) is 0 Å². The second kappa shape index (κ2) is 7.03. The molecule has 0 amide bonds. The quantitative estimate of drug-likeness (QED) is 0.523. The van der Waals surface area contributed by atoms with Crippen LogP contribution in [-0.2, 0) is 4.74 Å². The first-order valence-corrected chi connectivity index (χ1v) is 4.00. The van der Waals surface area contributed by atoms with E-state index in [0.29, 0.717) is 0 Å². The second-order valence-electron chi connectivity index (χ2n) is 2.77. The SMILES string of the molecule is CCCCOCCN(C)C. The predicted molar refractivity (Wildman–Crippen MR) is 44.3 cm³/mol. The van der Waals surface area contributed by atoms with Crippen LogP contribution in [0.1, 0.15) is 19.8 Å². The topological polar surface area (TPSA) is 12.5 Å². The summed E-state index contributed by atoms with van der Waals surface area (Å²) in [5, 5.41) is 0. The van der Waals surface area contributed by atoms with Crippen molar-refractivity contribution in [3.05, 3.63) is 0 Å². The Balaban J connectivity index is 2.77. The maximum absolute atomic E-state index is 5.34. The molecule has 0 aliphatic carbocycles. The van der Waals surface area contributed by atoms with Gasteiger partial charge in [-0.1, -0.05) is 13.3 Å². The highest BCUT2D eigenvalue weighted by Crippen LogP contribution is 1.87. The molecule has 0 N–H and O–H groups in total. The van der Waals surface area contributed by atoms with E-state index in [-0.39, 0.29) is 0 Å². The highest BCUT2D eigenvalue weighted by molar-refractivity contribution is 4.39. The van der Waals surface area contributed by atoms with Gasteiger partial charge in [0, 0.05) is 13.2 Å². The summed E-state index contributed by atoms with van der Waals surface area (Å²) in [6.45, 7) is 5.00. The van der Waals surface area contributed by atoms with E-state index < -0.39 is 0 Å². The van der Waals surface area contributed by atoms with Crippen molar-refractivity contribution in [1.29, 1.82) is 0 Å².